The molecule has 1 heterocycles. The molecule has 1 atom stereocenters. The van der Waals surface area contributed by atoms with Crippen LogP contribution < -0.4 is 10.5 Å². The van der Waals surface area contributed by atoms with Crippen LogP contribution in [0.1, 0.15) is 6.42 Å². The Morgan fingerprint density at radius 3 is 2.95 bits per heavy atom. The van der Waals surface area contributed by atoms with Crippen molar-refractivity contribution in [2.24, 2.45) is 0 Å². The van der Waals surface area contributed by atoms with Gasteiger partial charge in [-0.2, -0.15) is 11.8 Å². The molecule has 0 aromatic heterocycles. The van der Waals surface area contributed by atoms with Gasteiger partial charge < -0.3 is 20.1 Å². The summed E-state index contributed by atoms with van der Waals surface area (Å²) >= 11 is 1.88. The maximum Gasteiger partial charge on any atom is 0.260 e. The number of nitrogens with zero attached hydrogens (tertiary/aromatic N) is 1. The van der Waals surface area contributed by atoms with Crippen LogP contribution in [0.15, 0.2) is 24.3 Å². The summed E-state index contributed by atoms with van der Waals surface area (Å²) in [7, 11) is 1.65. The zero-order valence-electron chi connectivity index (χ0n) is 12.3. The third-order valence-corrected chi connectivity index (χ3v) is 4.62. The number of carbonyl (C=O) groups excluding carboxylic acids is 1. The number of hydrogen-bond acceptors (Lipinski definition) is 5. The van der Waals surface area contributed by atoms with E-state index >= 15 is 0 Å². The maximum absolute atomic E-state index is 12.4. The number of anilines is 1. The second-order valence-corrected chi connectivity index (χ2v) is 6.07. The Kier molecular flexibility index (Phi) is 6.20. The second-order valence-electron chi connectivity index (χ2n) is 4.92. The van der Waals surface area contributed by atoms with Crippen molar-refractivity contribution in [1.82, 2.24) is 4.90 Å². The van der Waals surface area contributed by atoms with Crippen LogP contribution in [0.5, 0.6) is 5.75 Å². The molecule has 1 unspecified atom stereocenters. The smallest absolute Gasteiger partial charge is 0.260 e. The molecule has 0 aliphatic carbocycles. The standard InChI is InChI=1S/C15H22N2O3S/c1-19-8-7-17(12-6-9-21-11-12)15(18)10-20-14-5-3-2-4-13(14)16/h2-5,12H,6-11,16H2,1H3. The number of amides is 1. The van der Waals surface area contributed by atoms with Crippen molar-refractivity contribution in [3.05, 3.63) is 24.3 Å². The molecule has 0 spiro atoms. The van der Waals surface area contributed by atoms with Crippen molar-refractivity contribution in [3.8, 4) is 5.75 Å². The van der Waals surface area contributed by atoms with E-state index in [0.29, 0.717) is 24.6 Å². The average molecular weight is 310 g/mol. The van der Waals surface area contributed by atoms with Crippen molar-refractivity contribution >= 4 is 23.4 Å². The fourth-order valence-electron chi connectivity index (χ4n) is 2.30. The molecular weight excluding hydrogens is 288 g/mol. The van der Waals surface area contributed by atoms with Crippen molar-refractivity contribution in [1.29, 1.82) is 0 Å². The number of carbonyl (C=O) groups is 1. The molecule has 1 saturated heterocycles. The van der Waals surface area contributed by atoms with Gasteiger partial charge in [0.1, 0.15) is 5.75 Å². The number of nitrogen functional groups attached to an aromatic ring is 1. The predicted octanol–water partition coefficient (Wildman–Crippen LogP) is 1.63. The molecule has 1 amide bonds. The minimum absolute atomic E-state index is 0.0113. The van der Waals surface area contributed by atoms with Crippen LogP contribution in [-0.4, -0.2) is 55.2 Å². The second kappa shape index (κ2) is 8.14. The highest BCUT2D eigenvalue weighted by atomic mass is 32.2. The molecule has 0 radical (unpaired) electrons. The molecule has 1 aliphatic heterocycles. The van der Waals surface area contributed by atoms with E-state index in [9.17, 15) is 4.79 Å². The Morgan fingerprint density at radius 2 is 2.29 bits per heavy atom. The first-order valence-electron chi connectivity index (χ1n) is 7.06. The molecule has 1 aliphatic rings. The summed E-state index contributed by atoms with van der Waals surface area (Å²) in [4.78, 5) is 14.3. The number of ether oxygens (including phenoxy) is 2. The molecule has 0 saturated carbocycles. The third kappa shape index (κ3) is 4.54. The summed E-state index contributed by atoms with van der Waals surface area (Å²) in [6.07, 6.45) is 1.04. The molecule has 21 heavy (non-hydrogen) atoms. The summed E-state index contributed by atoms with van der Waals surface area (Å²) in [5.41, 5.74) is 6.36. The maximum atomic E-state index is 12.4. The van der Waals surface area contributed by atoms with Gasteiger partial charge in [-0.1, -0.05) is 12.1 Å². The SMILES string of the molecule is COCCN(C(=O)COc1ccccc1N)C1CCSC1. The molecule has 6 heteroatoms. The largest absolute Gasteiger partial charge is 0.482 e. The minimum atomic E-state index is -0.0113. The van der Waals surface area contributed by atoms with E-state index in [1.807, 2.05) is 28.8 Å². The van der Waals surface area contributed by atoms with Crippen molar-refractivity contribution in [3.63, 3.8) is 0 Å². The molecule has 1 aromatic rings. The van der Waals surface area contributed by atoms with E-state index in [0.717, 1.165) is 17.9 Å². The molecular formula is C15H22N2O3S. The summed E-state index contributed by atoms with van der Waals surface area (Å²) < 4.78 is 10.7. The van der Waals surface area contributed by atoms with Crippen molar-refractivity contribution in [2.45, 2.75) is 12.5 Å². The van der Waals surface area contributed by atoms with Crippen LogP contribution in [0.25, 0.3) is 0 Å². The van der Waals surface area contributed by atoms with Gasteiger partial charge in [0.15, 0.2) is 6.61 Å². The van der Waals surface area contributed by atoms with E-state index in [2.05, 4.69) is 0 Å². The fourth-order valence-corrected chi connectivity index (χ4v) is 3.53. The van der Waals surface area contributed by atoms with Gasteiger partial charge in [0, 0.05) is 25.4 Å². The van der Waals surface area contributed by atoms with Gasteiger partial charge in [0.05, 0.1) is 12.3 Å². The summed E-state index contributed by atoms with van der Waals surface area (Å²) in [6, 6.07) is 7.50. The highest BCUT2D eigenvalue weighted by Gasteiger charge is 2.27. The quantitative estimate of drug-likeness (QED) is 0.776. The number of nitrogens with two attached hydrogens (primary N) is 1. The summed E-state index contributed by atoms with van der Waals surface area (Å²) in [6.45, 7) is 1.16. The lowest BCUT2D eigenvalue weighted by molar-refractivity contribution is -0.135. The van der Waals surface area contributed by atoms with Crippen LogP contribution in [-0.2, 0) is 9.53 Å². The number of rotatable bonds is 7. The van der Waals surface area contributed by atoms with Gasteiger partial charge in [-0.15, -0.1) is 0 Å². The first kappa shape index (κ1) is 16.0. The first-order chi connectivity index (χ1) is 10.2. The Morgan fingerprint density at radius 1 is 1.48 bits per heavy atom. The lowest BCUT2D eigenvalue weighted by Crippen LogP contribution is -2.44. The monoisotopic (exact) mass is 310 g/mol. The zero-order chi connectivity index (χ0) is 15.1. The Balaban J connectivity index is 1.92. The minimum Gasteiger partial charge on any atom is -0.482 e. The number of para-hydroxylation sites is 2. The van der Waals surface area contributed by atoms with Crippen LogP contribution in [0.3, 0.4) is 0 Å². The molecule has 0 bridgehead atoms. The van der Waals surface area contributed by atoms with Gasteiger partial charge in [-0.05, 0) is 24.3 Å². The fraction of sp³-hybridized carbons (Fsp3) is 0.533. The lowest BCUT2D eigenvalue weighted by Gasteiger charge is -2.28. The van der Waals surface area contributed by atoms with Crippen molar-refractivity contribution in [2.75, 3.05) is 44.1 Å². The molecule has 5 nitrogen and oxygen atoms in total. The topological polar surface area (TPSA) is 64.8 Å². The van der Waals surface area contributed by atoms with Crippen LogP contribution in [0.2, 0.25) is 0 Å². The van der Waals surface area contributed by atoms with Gasteiger partial charge in [0.2, 0.25) is 0 Å². The van der Waals surface area contributed by atoms with E-state index in [4.69, 9.17) is 15.2 Å². The summed E-state index contributed by atoms with van der Waals surface area (Å²) in [5, 5.41) is 0. The number of methoxy groups -OCH3 is 1. The van der Waals surface area contributed by atoms with E-state index < -0.39 is 0 Å². The number of thioether (sulfide) groups is 1. The molecule has 1 fully saturated rings. The molecule has 2 N–H and O–H groups in total. The number of hydrogen-bond donors (Lipinski definition) is 1. The predicted molar refractivity (Wildman–Crippen MR) is 85.7 cm³/mol. The van der Waals surface area contributed by atoms with Gasteiger partial charge in [0.25, 0.3) is 5.91 Å². The Hall–Kier alpha value is -1.40. The van der Waals surface area contributed by atoms with Crippen molar-refractivity contribution < 1.29 is 14.3 Å². The Bertz CT molecular complexity index is 464. The third-order valence-electron chi connectivity index (χ3n) is 3.47. The summed E-state index contributed by atoms with van der Waals surface area (Å²) in [5.74, 6) is 2.64. The average Bonchev–Trinajstić information content (AvgIpc) is 3.01. The molecule has 116 valence electrons. The highest BCUT2D eigenvalue weighted by molar-refractivity contribution is 7.99. The highest BCUT2D eigenvalue weighted by Crippen LogP contribution is 2.23. The van der Waals surface area contributed by atoms with E-state index in [-0.39, 0.29) is 18.6 Å². The van der Waals surface area contributed by atoms with Gasteiger partial charge in [-0.25, -0.2) is 0 Å². The first-order valence-corrected chi connectivity index (χ1v) is 8.21. The van der Waals surface area contributed by atoms with E-state index in [1.165, 1.54) is 0 Å². The lowest BCUT2D eigenvalue weighted by atomic mass is 10.2. The van der Waals surface area contributed by atoms with E-state index in [1.54, 1.807) is 19.2 Å². The van der Waals surface area contributed by atoms with Crippen LogP contribution >= 0.6 is 11.8 Å². The van der Waals surface area contributed by atoms with Gasteiger partial charge >= 0.3 is 0 Å². The molecule has 2 rings (SSSR count). The van der Waals surface area contributed by atoms with Gasteiger partial charge in [-0.3, -0.25) is 4.79 Å². The van der Waals surface area contributed by atoms with Crippen LogP contribution in [0, 0.1) is 0 Å². The normalized spacial score (nSPS) is 17.7. The molecule has 1 aromatic carbocycles. The Labute approximate surface area is 129 Å². The zero-order valence-corrected chi connectivity index (χ0v) is 13.1. The van der Waals surface area contributed by atoms with Crippen LogP contribution in [0.4, 0.5) is 5.69 Å². The number of benzene rings is 1.